The van der Waals surface area contributed by atoms with E-state index in [1.165, 1.54) is 11.1 Å². The maximum absolute atomic E-state index is 12.1. The largest absolute Gasteiger partial charge is 0.380 e. The molecule has 0 aliphatic heterocycles. The van der Waals surface area contributed by atoms with Gasteiger partial charge in [-0.15, -0.1) is 0 Å². The Morgan fingerprint density at radius 1 is 1.42 bits per heavy atom. The minimum atomic E-state index is -0.0670. The number of halogens is 1. The second-order valence-electron chi connectivity index (χ2n) is 5.20. The number of nitrogens with one attached hydrogen (secondary N) is 1. The van der Waals surface area contributed by atoms with Crippen molar-refractivity contribution in [2.45, 2.75) is 59.5 Å². The van der Waals surface area contributed by atoms with Crippen LogP contribution < -0.4 is 10.9 Å². The highest BCUT2D eigenvalue weighted by atomic mass is 79.9. The molecule has 1 rings (SSSR count). The SMILES string of the molecule is CCCn1ncc(NC(C)CC(C)CC)c(Br)c1=O. The number of aryl methyl sites for hydroxylation is 1. The van der Waals surface area contributed by atoms with Gasteiger partial charge in [-0.2, -0.15) is 5.10 Å². The molecule has 0 spiro atoms. The van der Waals surface area contributed by atoms with E-state index in [-0.39, 0.29) is 5.56 Å². The third-order valence-corrected chi connectivity index (χ3v) is 4.04. The van der Waals surface area contributed by atoms with Crippen molar-refractivity contribution in [2.75, 3.05) is 5.32 Å². The summed E-state index contributed by atoms with van der Waals surface area (Å²) in [6.07, 6.45) is 4.88. The molecule has 0 saturated carbocycles. The standard InChI is InChI=1S/C14H24BrN3O/c1-5-7-18-14(19)13(15)12(9-16-18)17-11(4)8-10(3)6-2/h9-11,17H,5-8H2,1-4H3. The molecule has 0 radical (unpaired) electrons. The summed E-state index contributed by atoms with van der Waals surface area (Å²) in [5.41, 5.74) is 0.718. The van der Waals surface area contributed by atoms with Gasteiger partial charge < -0.3 is 5.32 Å². The monoisotopic (exact) mass is 329 g/mol. The van der Waals surface area contributed by atoms with Crippen molar-refractivity contribution in [2.24, 2.45) is 5.92 Å². The summed E-state index contributed by atoms with van der Waals surface area (Å²) in [6.45, 7) is 9.25. The Labute approximate surface area is 123 Å². The van der Waals surface area contributed by atoms with Crippen LogP contribution in [0.3, 0.4) is 0 Å². The van der Waals surface area contributed by atoms with E-state index < -0.39 is 0 Å². The van der Waals surface area contributed by atoms with E-state index in [1.807, 2.05) is 6.92 Å². The molecule has 0 bridgehead atoms. The molecule has 0 saturated heterocycles. The van der Waals surface area contributed by atoms with Crippen molar-refractivity contribution in [3.05, 3.63) is 21.0 Å². The van der Waals surface area contributed by atoms with Gasteiger partial charge in [-0.05, 0) is 41.6 Å². The molecule has 108 valence electrons. The molecule has 1 aromatic heterocycles. The Morgan fingerprint density at radius 3 is 2.68 bits per heavy atom. The van der Waals surface area contributed by atoms with Crippen LogP contribution in [-0.4, -0.2) is 15.8 Å². The Kier molecular flexibility index (Phi) is 6.55. The first kappa shape index (κ1) is 16.2. The molecule has 5 heteroatoms. The lowest BCUT2D eigenvalue weighted by atomic mass is 10.0. The fourth-order valence-corrected chi connectivity index (χ4v) is 2.45. The van der Waals surface area contributed by atoms with E-state index in [9.17, 15) is 4.79 Å². The number of nitrogens with zero attached hydrogens (tertiary/aromatic N) is 2. The van der Waals surface area contributed by atoms with Gasteiger partial charge in [-0.3, -0.25) is 4.79 Å². The highest BCUT2D eigenvalue weighted by Gasteiger charge is 2.12. The van der Waals surface area contributed by atoms with Crippen LogP contribution in [0.25, 0.3) is 0 Å². The van der Waals surface area contributed by atoms with Crippen LogP contribution in [0.1, 0.15) is 47.0 Å². The Morgan fingerprint density at radius 2 is 2.11 bits per heavy atom. The molecular weight excluding hydrogens is 306 g/mol. The number of hydrogen-bond donors (Lipinski definition) is 1. The zero-order valence-electron chi connectivity index (χ0n) is 12.2. The zero-order valence-corrected chi connectivity index (χ0v) is 13.8. The highest BCUT2D eigenvalue weighted by molar-refractivity contribution is 9.10. The maximum atomic E-state index is 12.1. The topological polar surface area (TPSA) is 46.9 Å². The Hall–Kier alpha value is -0.840. The molecule has 0 amide bonds. The van der Waals surface area contributed by atoms with Gasteiger partial charge in [0.1, 0.15) is 4.47 Å². The molecule has 0 aliphatic rings. The lowest BCUT2D eigenvalue weighted by molar-refractivity contribution is 0.483. The number of aromatic nitrogens is 2. The van der Waals surface area contributed by atoms with Gasteiger partial charge >= 0.3 is 0 Å². The van der Waals surface area contributed by atoms with Crippen molar-refractivity contribution < 1.29 is 0 Å². The summed E-state index contributed by atoms with van der Waals surface area (Å²) in [4.78, 5) is 12.1. The molecule has 0 aromatic carbocycles. The lowest BCUT2D eigenvalue weighted by Crippen LogP contribution is -2.26. The van der Waals surface area contributed by atoms with Gasteiger partial charge in [-0.1, -0.05) is 27.2 Å². The zero-order chi connectivity index (χ0) is 14.4. The van der Waals surface area contributed by atoms with E-state index in [1.54, 1.807) is 6.20 Å². The van der Waals surface area contributed by atoms with Crippen LogP contribution >= 0.6 is 15.9 Å². The van der Waals surface area contributed by atoms with Crippen molar-refractivity contribution in [1.82, 2.24) is 9.78 Å². The van der Waals surface area contributed by atoms with Crippen LogP contribution in [0.4, 0.5) is 5.69 Å². The molecule has 1 N–H and O–H groups in total. The van der Waals surface area contributed by atoms with Crippen molar-refractivity contribution >= 4 is 21.6 Å². The third-order valence-electron chi connectivity index (χ3n) is 3.28. The fourth-order valence-electron chi connectivity index (χ4n) is 2.03. The Balaban J connectivity index is 2.80. The summed E-state index contributed by atoms with van der Waals surface area (Å²) in [6, 6.07) is 0.328. The van der Waals surface area contributed by atoms with Crippen LogP contribution in [0.5, 0.6) is 0 Å². The van der Waals surface area contributed by atoms with Gasteiger partial charge in [0, 0.05) is 12.6 Å². The van der Waals surface area contributed by atoms with Gasteiger partial charge in [0.25, 0.3) is 5.56 Å². The summed E-state index contributed by atoms with van der Waals surface area (Å²) >= 11 is 3.38. The quantitative estimate of drug-likeness (QED) is 0.830. The third kappa shape index (κ3) is 4.64. The Bertz CT molecular complexity index is 458. The first-order valence-corrected chi connectivity index (χ1v) is 7.81. The summed E-state index contributed by atoms with van der Waals surface area (Å²) < 4.78 is 2.07. The number of anilines is 1. The summed E-state index contributed by atoms with van der Waals surface area (Å²) in [5.74, 6) is 0.676. The fraction of sp³-hybridized carbons (Fsp3) is 0.714. The van der Waals surface area contributed by atoms with Crippen LogP contribution in [0, 0.1) is 5.92 Å². The van der Waals surface area contributed by atoms with E-state index in [0.29, 0.717) is 23.0 Å². The minimum Gasteiger partial charge on any atom is -0.380 e. The number of rotatable bonds is 7. The molecule has 19 heavy (non-hydrogen) atoms. The van der Waals surface area contributed by atoms with Crippen LogP contribution in [0.2, 0.25) is 0 Å². The van der Waals surface area contributed by atoms with Crippen LogP contribution in [-0.2, 0) is 6.54 Å². The molecule has 0 aliphatic carbocycles. The minimum absolute atomic E-state index is 0.0670. The van der Waals surface area contributed by atoms with Crippen molar-refractivity contribution in [1.29, 1.82) is 0 Å². The molecule has 0 fully saturated rings. The smallest absolute Gasteiger partial charge is 0.283 e. The first-order valence-electron chi connectivity index (χ1n) is 7.01. The van der Waals surface area contributed by atoms with Crippen LogP contribution in [0.15, 0.2) is 15.5 Å². The summed E-state index contributed by atoms with van der Waals surface area (Å²) in [5, 5.41) is 7.56. The van der Waals surface area contributed by atoms with E-state index in [4.69, 9.17) is 0 Å². The predicted molar refractivity (Wildman–Crippen MR) is 83.6 cm³/mol. The molecule has 1 aromatic rings. The van der Waals surface area contributed by atoms with E-state index in [2.05, 4.69) is 47.1 Å². The lowest BCUT2D eigenvalue weighted by Gasteiger charge is -2.19. The maximum Gasteiger partial charge on any atom is 0.283 e. The highest BCUT2D eigenvalue weighted by Crippen LogP contribution is 2.19. The average Bonchev–Trinajstić information content (AvgIpc) is 2.38. The van der Waals surface area contributed by atoms with Gasteiger partial charge in [0.2, 0.25) is 0 Å². The van der Waals surface area contributed by atoms with E-state index in [0.717, 1.165) is 18.5 Å². The first-order chi connectivity index (χ1) is 8.99. The molecule has 2 unspecified atom stereocenters. The second-order valence-corrected chi connectivity index (χ2v) is 5.99. The molecule has 2 atom stereocenters. The molecule has 1 heterocycles. The number of hydrogen-bond acceptors (Lipinski definition) is 3. The average molecular weight is 330 g/mol. The summed E-state index contributed by atoms with van der Waals surface area (Å²) in [7, 11) is 0. The van der Waals surface area contributed by atoms with Gasteiger partial charge in [-0.25, -0.2) is 4.68 Å². The van der Waals surface area contributed by atoms with Crippen molar-refractivity contribution in [3.8, 4) is 0 Å². The van der Waals surface area contributed by atoms with Gasteiger partial charge in [0.05, 0.1) is 11.9 Å². The van der Waals surface area contributed by atoms with Gasteiger partial charge in [0.15, 0.2) is 0 Å². The predicted octanol–water partition coefficient (Wildman–Crippen LogP) is 3.65. The van der Waals surface area contributed by atoms with Crippen molar-refractivity contribution in [3.63, 3.8) is 0 Å². The molecular formula is C14H24BrN3O. The second kappa shape index (κ2) is 7.68. The molecule has 4 nitrogen and oxygen atoms in total. The normalized spacial score (nSPS) is 14.2. The van der Waals surface area contributed by atoms with E-state index >= 15 is 0 Å².